The van der Waals surface area contributed by atoms with Gasteiger partial charge in [0.25, 0.3) is 0 Å². The summed E-state index contributed by atoms with van der Waals surface area (Å²) >= 11 is 6.77. The lowest BCUT2D eigenvalue weighted by atomic mass is 9.71. The third-order valence-electron chi connectivity index (χ3n) is 7.50. The van der Waals surface area contributed by atoms with Crippen LogP contribution < -0.4 is 4.90 Å². The minimum atomic E-state index is -0.389. The number of aromatic nitrogens is 1. The highest BCUT2D eigenvalue weighted by atomic mass is 35.5. The first-order chi connectivity index (χ1) is 15.4. The molecule has 1 saturated heterocycles. The number of ketones is 1. The van der Waals surface area contributed by atoms with Crippen LogP contribution in [0.4, 0.5) is 5.69 Å². The number of halogens is 1. The molecule has 0 radical (unpaired) electrons. The van der Waals surface area contributed by atoms with Crippen LogP contribution in [0.5, 0.6) is 0 Å². The predicted octanol–water partition coefficient (Wildman–Crippen LogP) is 4.85. The van der Waals surface area contributed by atoms with E-state index in [4.69, 9.17) is 11.6 Å². The Morgan fingerprint density at radius 1 is 1.12 bits per heavy atom. The first-order valence-electron chi connectivity index (χ1n) is 11.3. The summed E-state index contributed by atoms with van der Waals surface area (Å²) in [5, 5.41) is 10.8. The van der Waals surface area contributed by atoms with Crippen molar-refractivity contribution >= 4 is 34.0 Å². The molecule has 6 rings (SSSR count). The molecule has 2 heterocycles. The van der Waals surface area contributed by atoms with Gasteiger partial charge in [-0.25, -0.2) is 0 Å². The summed E-state index contributed by atoms with van der Waals surface area (Å²) in [6, 6.07) is 12.4. The number of carbonyl (C=O) groups excluding carboxylic acids is 1. The molecule has 0 amide bonds. The molecule has 1 aliphatic heterocycles. The highest BCUT2D eigenvalue weighted by Gasteiger charge is 2.41. The molecule has 3 aliphatic rings. The van der Waals surface area contributed by atoms with Gasteiger partial charge >= 0.3 is 0 Å². The van der Waals surface area contributed by atoms with Crippen LogP contribution in [0.3, 0.4) is 0 Å². The largest absolute Gasteiger partial charge is 0.368 e. The maximum absolute atomic E-state index is 13.6. The molecule has 0 bridgehead atoms. The Balaban J connectivity index is 1.44. The molecule has 2 aliphatic carbocycles. The van der Waals surface area contributed by atoms with E-state index in [9.17, 15) is 10.1 Å². The van der Waals surface area contributed by atoms with Gasteiger partial charge in [0, 0.05) is 59.8 Å². The zero-order valence-electron chi connectivity index (χ0n) is 18.3. The van der Waals surface area contributed by atoms with E-state index in [-0.39, 0.29) is 11.2 Å². The average molecular weight is 445 g/mol. The molecule has 2 aromatic carbocycles. The zero-order chi connectivity index (χ0) is 22.2. The Morgan fingerprint density at radius 2 is 1.88 bits per heavy atom. The summed E-state index contributed by atoms with van der Waals surface area (Å²) in [7, 11) is 0. The Bertz CT molecular complexity index is 1320. The summed E-state index contributed by atoms with van der Waals surface area (Å²) in [6.07, 6.45) is 2.66. The number of piperazine rings is 1. The van der Waals surface area contributed by atoms with Gasteiger partial charge in [-0.2, -0.15) is 5.26 Å². The van der Waals surface area contributed by atoms with Gasteiger partial charge in [0.2, 0.25) is 0 Å². The molecule has 0 atom stereocenters. The molecule has 0 spiro atoms. The number of nitrogens with zero attached hydrogens (tertiary/aromatic N) is 3. The molecule has 6 heteroatoms. The van der Waals surface area contributed by atoms with Crippen molar-refractivity contribution in [3.05, 3.63) is 63.3 Å². The number of hydrogen-bond donors (Lipinski definition) is 1. The molecule has 1 saturated carbocycles. The van der Waals surface area contributed by atoms with Gasteiger partial charge in [0.1, 0.15) is 0 Å². The number of rotatable bonds is 2. The van der Waals surface area contributed by atoms with Crippen LogP contribution in [0.25, 0.3) is 10.9 Å². The highest BCUT2D eigenvalue weighted by molar-refractivity contribution is 6.34. The second-order valence-electron chi connectivity index (χ2n) is 9.80. The number of anilines is 1. The second kappa shape index (κ2) is 6.84. The number of nitriles is 1. The predicted molar refractivity (Wildman–Crippen MR) is 127 cm³/mol. The SMILES string of the molecule is CC1(C)c2cc(N3CCN(C4CC4)CC3)c(Cl)cc2C(=O)c2c1[nH]c1cc(C#N)ccc21. The van der Waals surface area contributed by atoms with E-state index < -0.39 is 0 Å². The number of nitrogens with one attached hydrogen (secondary N) is 1. The van der Waals surface area contributed by atoms with Gasteiger partial charge in [-0.05, 0) is 42.7 Å². The van der Waals surface area contributed by atoms with E-state index in [1.165, 1.54) is 12.8 Å². The summed E-state index contributed by atoms with van der Waals surface area (Å²) in [4.78, 5) is 22.0. The third kappa shape index (κ3) is 2.83. The van der Waals surface area contributed by atoms with Gasteiger partial charge in [0.05, 0.1) is 27.9 Å². The van der Waals surface area contributed by atoms with Crippen molar-refractivity contribution in [1.29, 1.82) is 5.26 Å². The highest BCUT2D eigenvalue weighted by Crippen LogP contribution is 2.46. The molecule has 1 N–H and O–H groups in total. The van der Waals surface area contributed by atoms with E-state index in [0.29, 0.717) is 21.7 Å². The van der Waals surface area contributed by atoms with Crippen LogP contribution in [0.15, 0.2) is 30.3 Å². The number of fused-ring (bicyclic) bond motifs is 4. The maximum atomic E-state index is 13.6. The van der Waals surface area contributed by atoms with E-state index >= 15 is 0 Å². The Kier molecular flexibility index (Phi) is 4.24. The first kappa shape index (κ1) is 19.8. The van der Waals surface area contributed by atoms with Gasteiger partial charge in [-0.3, -0.25) is 9.69 Å². The maximum Gasteiger partial charge on any atom is 0.195 e. The van der Waals surface area contributed by atoms with E-state index in [1.807, 2.05) is 18.2 Å². The molecule has 32 heavy (non-hydrogen) atoms. The van der Waals surface area contributed by atoms with Crippen molar-refractivity contribution in [2.75, 3.05) is 31.1 Å². The molecule has 3 aromatic rings. The smallest absolute Gasteiger partial charge is 0.195 e. The van der Waals surface area contributed by atoms with E-state index in [1.54, 1.807) is 6.07 Å². The van der Waals surface area contributed by atoms with Crippen molar-refractivity contribution < 1.29 is 4.79 Å². The lowest BCUT2D eigenvalue weighted by Crippen LogP contribution is -2.47. The standard InChI is InChI=1S/C26H25ClN4O/c1-26(2)19-13-22(31-9-7-30(8-10-31)16-4-5-16)20(27)12-18(19)24(32)23-17-6-3-15(14-28)11-21(17)29-25(23)26/h3,6,11-13,16,29H,4-5,7-10H2,1-2H3. The minimum Gasteiger partial charge on any atom is -0.368 e. The zero-order valence-corrected chi connectivity index (χ0v) is 19.1. The molecule has 162 valence electrons. The molecular formula is C26H25ClN4O. The van der Waals surface area contributed by atoms with Gasteiger partial charge in [-0.1, -0.05) is 31.5 Å². The molecule has 2 fully saturated rings. The minimum absolute atomic E-state index is 0.00251. The lowest BCUT2D eigenvalue weighted by Gasteiger charge is -2.38. The van der Waals surface area contributed by atoms with Crippen molar-refractivity contribution in [2.45, 2.75) is 38.1 Å². The van der Waals surface area contributed by atoms with Crippen LogP contribution in [0, 0.1) is 11.3 Å². The lowest BCUT2D eigenvalue weighted by molar-refractivity contribution is 0.103. The van der Waals surface area contributed by atoms with E-state index in [0.717, 1.165) is 60.1 Å². The fraction of sp³-hybridized carbons (Fsp3) is 0.385. The third-order valence-corrected chi connectivity index (χ3v) is 7.81. The molecular weight excluding hydrogens is 420 g/mol. The number of carbonyl (C=O) groups is 1. The summed E-state index contributed by atoms with van der Waals surface area (Å²) in [5.74, 6) is -0.00251. The van der Waals surface area contributed by atoms with Crippen molar-refractivity contribution in [3.63, 3.8) is 0 Å². The fourth-order valence-electron chi connectivity index (χ4n) is 5.52. The van der Waals surface area contributed by atoms with Gasteiger partial charge in [0.15, 0.2) is 5.78 Å². The van der Waals surface area contributed by atoms with Crippen molar-refractivity contribution in [2.24, 2.45) is 0 Å². The second-order valence-corrected chi connectivity index (χ2v) is 10.2. The Labute approximate surface area is 192 Å². The van der Waals surface area contributed by atoms with Crippen LogP contribution in [0.2, 0.25) is 5.02 Å². The fourth-order valence-corrected chi connectivity index (χ4v) is 5.80. The average Bonchev–Trinajstić information content (AvgIpc) is 3.57. The Hall–Kier alpha value is -2.81. The van der Waals surface area contributed by atoms with Crippen LogP contribution >= 0.6 is 11.6 Å². The van der Waals surface area contributed by atoms with Crippen LogP contribution in [0.1, 0.15) is 59.4 Å². The topological polar surface area (TPSA) is 63.1 Å². The van der Waals surface area contributed by atoms with Gasteiger partial charge < -0.3 is 9.88 Å². The van der Waals surface area contributed by atoms with Crippen LogP contribution in [-0.4, -0.2) is 47.9 Å². The number of benzene rings is 2. The molecule has 0 unspecified atom stereocenters. The first-order valence-corrected chi connectivity index (χ1v) is 11.7. The molecule has 5 nitrogen and oxygen atoms in total. The quantitative estimate of drug-likeness (QED) is 0.613. The van der Waals surface area contributed by atoms with Crippen molar-refractivity contribution in [3.8, 4) is 6.07 Å². The summed E-state index contributed by atoms with van der Waals surface area (Å²) in [5.41, 5.74) is 5.33. The summed E-state index contributed by atoms with van der Waals surface area (Å²) in [6.45, 7) is 8.35. The van der Waals surface area contributed by atoms with Gasteiger partial charge in [-0.15, -0.1) is 0 Å². The van der Waals surface area contributed by atoms with E-state index in [2.05, 4.69) is 40.8 Å². The normalized spacial score (nSPS) is 20.2. The van der Waals surface area contributed by atoms with Crippen LogP contribution in [-0.2, 0) is 5.41 Å². The number of hydrogen-bond acceptors (Lipinski definition) is 4. The summed E-state index contributed by atoms with van der Waals surface area (Å²) < 4.78 is 0. The number of H-pyrrole nitrogens is 1. The Morgan fingerprint density at radius 3 is 2.56 bits per heavy atom. The monoisotopic (exact) mass is 444 g/mol. The van der Waals surface area contributed by atoms with Crippen molar-refractivity contribution in [1.82, 2.24) is 9.88 Å². The molecule has 1 aromatic heterocycles. The number of aromatic amines is 1.